The Kier molecular flexibility index (Phi) is 2.97. The van der Waals surface area contributed by atoms with E-state index in [1.54, 1.807) is 6.92 Å². The first kappa shape index (κ1) is 13.7. The maximum absolute atomic E-state index is 12.4. The Labute approximate surface area is 114 Å². The second-order valence-corrected chi connectivity index (χ2v) is 5.91. The van der Waals surface area contributed by atoms with Crippen molar-refractivity contribution >= 4 is 22.4 Å². The maximum Gasteiger partial charge on any atom is 0.273 e. The number of aromatic amines is 1. The second-order valence-electron chi connectivity index (χ2n) is 5.53. The van der Waals surface area contributed by atoms with Crippen molar-refractivity contribution in [1.29, 1.82) is 0 Å². The number of phenolic OH excluding ortho intramolecular Hbond substituents is 1. The van der Waals surface area contributed by atoms with Gasteiger partial charge in [-0.3, -0.25) is 14.7 Å². The fourth-order valence-corrected chi connectivity index (χ4v) is 2.30. The molecule has 0 fully saturated rings. The smallest absolute Gasteiger partial charge is 0.273 e. The van der Waals surface area contributed by atoms with E-state index in [9.17, 15) is 14.7 Å². The van der Waals surface area contributed by atoms with E-state index in [0.29, 0.717) is 5.56 Å². The van der Waals surface area contributed by atoms with Gasteiger partial charge in [0.25, 0.3) is 11.1 Å². The predicted octanol–water partition coefficient (Wildman–Crippen LogP) is 2.11. The van der Waals surface area contributed by atoms with E-state index in [4.69, 9.17) is 11.6 Å². The van der Waals surface area contributed by atoms with Crippen molar-refractivity contribution in [3.8, 4) is 5.75 Å². The summed E-state index contributed by atoms with van der Waals surface area (Å²) in [7, 11) is 0. The third kappa shape index (κ3) is 2.04. The lowest BCUT2D eigenvalue weighted by molar-refractivity contribution is 0.337. The van der Waals surface area contributed by atoms with Gasteiger partial charge in [-0.1, -0.05) is 11.6 Å². The molecule has 0 aliphatic rings. The number of hydrogen-bond acceptors (Lipinski definition) is 3. The number of nitrogens with zero attached hydrogens (tertiary/aromatic N) is 1. The lowest BCUT2D eigenvalue weighted by Crippen LogP contribution is -2.39. The van der Waals surface area contributed by atoms with Crippen molar-refractivity contribution in [2.24, 2.45) is 0 Å². The van der Waals surface area contributed by atoms with Gasteiger partial charge in [-0.25, -0.2) is 4.68 Å². The number of fused-ring (bicyclic) bond motifs is 1. The Morgan fingerprint density at radius 3 is 2.42 bits per heavy atom. The largest absolute Gasteiger partial charge is 0.506 e. The molecule has 2 aromatic rings. The van der Waals surface area contributed by atoms with Crippen LogP contribution in [0.2, 0.25) is 5.02 Å². The highest BCUT2D eigenvalue weighted by Gasteiger charge is 2.21. The van der Waals surface area contributed by atoms with Crippen LogP contribution in [0.1, 0.15) is 26.3 Å². The average Bonchev–Trinajstić information content (AvgIpc) is 2.28. The van der Waals surface area contributed by atoms with Gasteiger partial charge in [0.05, 0.1) is 21.3 Å². The van der Waals surface area contributed by atoms with Crippen LogP contribution >= 0.6 is 11.6 Å². The zero-order chi connectivity index (χ0) is 14.5. The average molecular weight is 283 g/mol. The summed E-state index contributed by atoms with van der Waals surface area (Å²) < 4.78 is 1.27. The topological polar surface area (TPSA) is 75.1 Å². The molecule has 0 saturated carbocycles. The molecule has 1 aromatic carbocycles. The molecule has 2 N–H and O–H groups in total. The third-order valence-corrected chi connectivity index (χ3v) is 3.34. The van der Waals surface area contributed by atoms with Crippen molar-refractivity contribution in [2.75, 3.05) is 0 Å². The minimum atomic E-state index is -0.553. The lowest BCUT2D eigenvalue weighted by atomic mass is 10.1. The van der Waals surface area contributed by atoms with Crippen LogP contribution in [0, 0.1) is 6.92 Å². The Hall–Kier alpha value is -1.75. The van der Waals surface area contributed by atoms with Gasteiger partial charge < -0.3 is 5.11 Å². The fourth-order valence-electron chi connectivity index (χ4n) is 1.96. The molecule has 0 aliphatic carbocycles. The highest BCUT2D eigenvalue weighted by atomic mass is 35.5. The number of benzene rings is 1. The maximum atomic E-state index is 12.4. The van der Waals surface area contributed by atoms with Crippen LogP contribution in [-0.2, 0) is 5.54 Å². The van der Waals surface area contributed by atoms with Gasteiger partial charge >= 0.3 is 0 Å². The SMILES string of the molecule is Cc1cc2c(=O)n(C(C)(C)C)[nH]c(=O)c2c(Cl)c1O. The standard InChI is InChI=1S/C13H15ClN2O3/c1-6-5-7-8(9(14)10(6)17)11(18)15-16(12(7)19)13(2,3)4/h5,17H,1-4H3,(H,15,18). The number of halogens is 1. The quantitative estimate of drug-likeness (QED) is 0.777. The van der Waals surface area contributed by atoms with E-state index in [-0.39, 0.29) is 27.1 Å². The van der Waals surface area contributed by atoms with Gasteiger partial charge in [-0.2, -0.15) is 0 Å². The highest BCUT2D eigenvalue weighted by Crippen LogP contribution is 2.32. The van der Waals surface area contributed by atoms with Crippen LogP contribution in [0.25, 0.3) is 10.8 Å². The van der Waals surface area contributed by atoms with Crippen molar-refractivity contribution < 1.29 is 5.11 Å². The summed E-state index contributed by atoms with van der Waals surface area (Å²) in [6, 6.07) is 1.48. The number of aromatic nitrogens is 2. The molecule has 0 bridgehead atoms. The summed E-state index contributed by atoms with van der Waals surface area (Å²) in [6.07, 6.45) is 0. The van der Waals surface area contributed by atoms with Gasteiger partial charge in [-0.15, -0.1) is 0 Å². The predicted molar refractivity (Wildman–Crippen MR) is 75.2 cm³/mol. The molecule has 19 heavy (non-hydrogen) atoms. The van der Waals surface area contributed by atoms with Gasteiger partial charge in [-0.05, 0) is 39.3 Å². The summed E-state index contributed by atoms with van der Waals surface area (Å²) in [6.45, 7) is 7.06. The molecule has 6 heteroatoms. The Bertz CT molecular complexity index is 782. The molecule has 2 rings (SSSR count). The zero-order valence-electron chi connectivity index (χ0n) is 11.2. The number of aromatic hydroxyl groups is 1. The molecule has 102 valence electrons. The Morgan fingerprint density at radius 1 is 1.32 bits per heavy atom. The number of phenols is 1. The lowest BCUT2D eigenvalue weighted by Gasteiger charge is -2.22. The molecule has 0 radical (unpaired) electrons. The molecular weight excluding hydrogens is 268 g/mol. The monoisotopic (exact) mass is 282 g/mol. The molecular formula is C13H15ClN2O3. The summed E-state index contributed by atoms with van der Waals surface area (Å²) in [5, 5.41) is 12.4. The Balaban J connectivity index is 3.09. The molecule has 0 unspecified atom stereocenters. The van der Waals surface area contributed by atoms with E-state index >= 15 is 0 Å². The van der Waals surface area contributed by atoms with Crippen LogP contribution < -0.4 is 11.1 Å². The zero-order valence-corrected chi connectivity index (χ0v) is 11.9. The molecule has 0 atom stereocenters. The molecule has 1 heterocycles. The fraction of sp³-hybridized carbons (Fsp3) is 0.385. The minimum absolute atomic E-state index is 0.0234. The van der Waals surface area contributed by atoms with Crippen LogP contribution in [0.3, 0.4) is 0 Å². The van der Waals surface area contributed by atoms with Crippen LogP contribution in [0.5, 0.6) is 5.75 Å². The summed E-state index contributed by atoms with van der Waals surface area (Å²) in [5.74, 6) is -0.174. The molecule has 0 amide bonds. The van der Waals surface area contributed by atoms with Crippen molar-refractivity contribution in [1.82, 2.24) is 9.78 Å². The van der Waals surface area contributed by atoms with Gasteiger partial charge in [0, 0.05) is 0 Å². The minimum Gasteiger partial charge on any atom is -0.506 e. The first-order chi connectivity index (χ1) is 8.64. The van der Waals surface area contributed by atoms with E-state index < -0.39 is 11.1 Å². The van der Waals surface area contributed by atoms with E-state index in [0.717, 1.165) is 0 Å². The van der Waals surface area contributed by atoms with Crippen molar-refractivity contribution in [3.05, 3.63) is 37.4 Å². The van der Waals surface area contributed by atoms with Crippen molar-refractivity contribution in [3.63, 3.8) is 0 Å². The van der Waals surface area contributed by atoms with Crippen LogP contribution in [-0.4, -0.2) is 14.9 Å². The number of hydrogen-bond donors (Lipinski definition) is 2. The summed E-state index contributed by atoms with van der Waals surface area (Å²) in [4.78, 5) is 24.5. The van der Waals surface area contributed by atoms with Gasteiger partial charge in [0.15, 0.2) is 0 Å². The second kappa shape index (κ2) is 4.13. The van der Waals surface area contributed by atoms with E-state index in [1.165, 1.54) is 10.7 Å². The number of aryl methyl sites for hydroxylation is 1. The molecule has 1 aromatic heterocycles. The Morgan fingerprint density at radius 2 is 1.89 bits per heavy atom. The summed E-state index contributed by atoms with van der Waals surface area (Å²) in [5.41, 5.74) is -0.930. The van der Waals surface area contributed by atoms with Crippen molar-refractivity contribution in [2.45, 2.75) is 33.2 Å². The van der Waals surface area contributed by atoms with Crippen LogP contribution in [0.15, 0.2) is 15.7 Å². The van der Waals surface area contributed by atoms with Gasteiger partial charge in [0.2, 0.25) is 0 Å². The van der Waals surface area contributed by atoms with Crippen LogP contribution in [0.4, 0.5) is 0 Å². The number of H-pyrrole nitrogens is 1. The van der Waals surface area contributed by atoms with Gasteiger partial charge in [0.1, 0.15) is 5.75 Å². The first-order valence-corrected chi connectivity index (χ1v) is 6.20. The third-order valence-electron chi connectivity index (χ3n) is 2.98. The number of nitrogens with one attached hydrogen (secondary N) is 1. The molecule has 0 saturated heterocycles. The molecule has 0 spiro atoms. The van der Waals surface area contributed by atoms with E-state index in [2.05, 4.69) is 5.10 Å². The number of rotatable bonds is 0. The van der Waals surface area contributed by atoms with E-state index in [1.807, 2.05) is 20.8 Å². The first-order valence-electron chi connectivity index (χ1n) is 5.82. The molecule has 0 aliphatic heterocycles. The highest BCUT2D eigenvalue weighted by molar-refractivity contribution is 6.37. The normalized spacial score (nSPS) is 12.1. The summed E-state index contributed by atoms with van der Waals surface area (Å²) >= 11 is 5.96. The molecule has 5 nitrogen and oxygen atoms in total.